The van der Waals surface area contributed by atoms with Crippen LogP contribution in [0.2, 0.25) is 0 Å². The zero-order valence-corrected chi connectivity index (χ0v) is 13.5. The summed E-state index contributed by atoms with van der Waals surface area (Å²) in [5.74, 6) is 0.349. The Hall–Kier alpha value is -2.22. The van der Waals surface area contributed by atoms with E-state index in [0.717, 1.165) is 12.1 Å². The average molecular weight is 343 g/mol. The molecule has 0 saturated heterocycles. The monoisotopic (exact) mass is 343 g/mol. The summed E-state index contributed by atoms with van der Waals surface area (Å²) in [5.41, 5.74) is 0.888. The fourth-order valence-electron chi connectivity index (χ4n) is 2.15. The second-order valence-electron chi connectivity index (χ2n) is 5.40. The number of hydrogen-bond donors (Lipinski definition) is 1. The van der Waals surface area contributed by atoms with E-state index in [1.54, 1.807) is 18.3 Å². The van der Waals surface area contributed by atoms with Crippen molar-refractivity contribution in [1.29, 1.82) is 0 Å². The van der Waals surface area contributed by atoms with Crippen molar-refractivity contribution in [1.82, 2.24) is 15.1 Å². The molecule has 0 amide bonds. The molecule has 0 saturated carbocycles. The molecule has 2 aromatic rings. The molecule has 0 aliphatic heterocycles. The smallest absolute Gasteiger partial charge is 0.422 e. The highest BCUT2D eigenvalue weighted by Gasteiger charge is 2.29. The van der Waals surface area contributed by atoms with E-state index >= 15 is 0 Å². The van der Waals surface area contributed by atoms with Gasteiger partial charge >= 0.3 is 6.18 Å². The van der Waals surface area contributed by atoms with E-state index in [2.05, 4.69) is 10.4 Å². The number of hydrogen-bond acceptors (Lipinski definition) is 4. The van der Waals surface area contributed by atoms with Crippen molar-refractivity contribution < 1.29 is 22.6 Å². The summed E-state index contributed by atoms with van der Waals surface area (Å²) in [6.45, 7) is 1.96. The molecule has 0 spiro atoms. The number of benzene rings is 1. The van der Waals surface area contributed by atoms with Gasteiger partial charge < -0.3 is 14.8 Å². The molecule has 1 N–H and O–H groups in total. The van der Waals surface area contributed by atoms with E-state index in [1.165, 1.54) is 13.2 Å². The van der Waals surface area contributed by atoms with Crippen molar-refractivity contribution >= 4 is 0 Å². The average Bonchev–Trinajstić information content (AvgIpc) is 3.03. The summed E-state index contributed by atoms with van der Waals surface area (Å²) in [7, 11) is 1.40. The highest BCUT2D eigenvalue weighted by molar-refractivity contribution is 5.43. The van der Waals surface area contributed by atoms with Crippen LogP contribution in [0.25, 0.3) is 0 Å². The minimum absolute atomic E-state index is 0.0724. The maximum atomic E-state index is 12.2. The fourth-order valence-corrected chi connectivity index (χ4v) is 2.15. The van der Waals surface area contributed by atoms with Crippen molar-refractivity contribution in [3.8, 4) is 11.5 Å². The van der Waals surface area contributed by atoms with Crippen LogP contribution >= 0.6 is 0 Å². The van der Waals surface area contributed by atoms with Crippen LogP contribution in [0.1, 0.15) is 12.5 Å². The molecular weight excluding hydrogens is 323 g/mol. The molecule has 0 fully saturated rings. The maximum Gasteiger partial charge on any atom is 0.422 e. The molecule has 0 aliphatic rings. The Bertz CT molecular complexity index is 630. The first-order chi connectivity index (χ1) is 11.4. The predicted octanol–water partition coefficient (Wildman–Crippen LogP) is 3.01. The lowest BCUT2D eigenvalue weighted by atomic mass is 10.2. The molecule has 1 heterocycles. The topological polar surface area (TPSA) is 48.3 Å². The minimum Gasteiger partial charge on any atom is -0.493 e. The second kappa shape index (κ2) is 8.05. The number of aromatic nitrogens is 2. The molecule has 8 heteroatoms. The van der Waals surface area contributed by atoms with Crippen molar-refractivity contribution in [3.63, 3.8) is 0 Å². The van der Waals surface area contributed by atoms with Gasteiger partial charge in [0.25, 0.3) is 0 Å². The summed E-state index contributed by atoms with van der Waals surface area (Å²) in [5, 5.41) is 7.47. The Kier molecular flexibility index (Phi) is 6.08. The van der Waals surface area contributed by atoms with Crippen molar-refractivity contribution in [3.05, 3.63) is 42.2 Å². The van der Waals surface area contributed by atoms with Gasteiger partial charge in [0, 0.05) is 25.0 Å². The first-order valence-corrected chi connectivity index (χ1v) is 7.44. The number of nitrogens with zero attached hydrogens (tertiary/aromatic N) is 2. The van der Waals surface area contributed by atoms with Gasteiger partial charge in [-0.05, 0) is 30.7 Å². The number of ether oxygens (including phenoxy) is 2. The molecule has 132 valence electrons. The van der Waals surface area contributed by atoms with Crippen LogP contribution in [0.5, 0.6) is 11.5 Å². The fraction of sp³-hybridized carbons (Fsp3) is 0.438. The third-order valence-corrected chi connectivity index (χ3v) is 3.29. The summed E-state index contributed by atoms with van der Waals surface area (Å²) < 4.78 is 48.4. The van der Waals surface area contributed by atoms with Gasteiger partial charge in [-0.1, -0.05) is 6.07 Å². The van der Waals surface area contributed by atoms with Crippen LogP contribution in [-0.4, -0.2) is 35.7 Å². The van der Waals surface area contributed by atoms with E-state index in [9.17, 15) is 13.2 Å². The van der Waals surface area contributed by atoms with E-state index in [-0.39, 0.29) is 17.5 Å². The minimum atomic E-state index is -4.38. The molecular formula is C16H20F3N3O2. The predicted molar refractivity (Wildman–Crippen MR) is 83.1 cm³/mol. The molecule has 0 radical (unpaired) electrons. The number of nitrogens with one attached hydrogen (secondary N) is 1. The van der Waals surface area contributed by atoms with Gasteiger partial charge in [-0.2, -0.15) is 18.3 Å². The van der Waals surface area contributed by atoms with Gasteiger partial charge in [-0.15, -0.1) is 0 Å². The van der Waals surface area contributed by atoms with Gasteiger partial charge in [-0.25, -0.2) is 0 Å². The molecule has 5 nitrogen and oxygen atoms in total. The summed E-state index contributed by atoms with van der Waals surface area (Å²) >= 11 is 0. The molecule has 1 atom stereocenters. The molecule has 0 unspecified atom stereocenters. The quantitative estimate of drug-likeness (QED) is 0.800. The highest BCUT2D eigenvalue weighted by atomic mass is 19.4. The summed E-state index contributed by atoms with van der Waals surface area (Å²) in [6.07, 6.45) is -0.779. The first-order valence-electron chi connectivity index (χ1n) is 7.44. The van der Waals surface area contributed by atoms with Crippen LogP contribution in [0.4, 0.5) is 13.2 Å². The molecule has 0 aliphatic carbocycles. The van der Waals surface area contributed by atoms with E-state index < -0.39 is 12.8 Å². The standard InChI is InChI=1S/C16H20F3N3O2/c1-12(10-22-7-3-6-21-22)20-9-13-4-5-14(15(8-13)23-2)24-11-16(17,18)19/h3-8,12,20H,9-11H2,1-2H3/t12-/m0/s1. The summed E-state index contributed by atoms with van der Waals surface area (Å²) in [6, 6.07) is 6.90. The lowest BCUT2D eigenvalue weighted by molar-refractivity contribution is -0.153. The van der Waals surface area contributed by atoms with E-state index in [1.807, 2.05) is 23.9 Å². The lowest BCUT2D eigenvalue weighted by Gasteiger charge is -2.16. The van der Waals surface area contributed by atoms with Gasteiger partial charge in [0.05, 0.1) is 13.7 Å². The Morgan fingerprint density at radius 3 is 2.71 bits per heavy atom. The Morgan fingerprint density at radius 1 is 1.29 bits per heavy atom. The largest absolute Gasteiger partial charge is 0.493 e. The second-order valence-corrected chi connectivity index (χ2v) is 5.40. The van der Waals surface area contributed by atoms with Crippen molar-refractivity contribution in [2.24, 2.45) is 0 Å². The van der Waals surface area contributed by atoms with Crippen LogP contribution < -0.4 is 14.8 Å². The molecule has 24 heavy (non-hydrogen) atoms. The van der Waals surface area contributed by atoms with Crippen molar-refractivity contribution in [2.75, 3.05) is 13.7 Å². The Balaban J connectivity index is 1.91. The number of rotatable bonds is 8. The van der Waals surface area contributed by atoms with E-state index in [0.29, 0.717) is 6.54 Å². The van der Waals surface area contributed by atoms with Crippen LogP contribution in [0.15, 0.2) is 36.7 Å². The number of methoxy groups -OCH3 is 1. The van der Waals surface area contributed by atoms with Crippen LogP contribution in [-0.2, 0) is 13.1 Å². The Labute approximate surface area is 138 Å². The normalized spacial score (nSPS) is 12.9. The zero-order chi connectivity index (χ0) is 17.6. The third kappa shape index (κ3) is 5.77. The van der Waals surface area contributed by atoms with E-state index in [4.69, 9.17) is 9.47 Å². The molecule has 1 aromatic heterocycles. The molecule has 2 rings (SSSR count). The first kappa shape index (κ1) is 18.1. The number of alkyl halides is 3. The van der Waals surface area contributed by atoms with Gasteiger partial charge in [0.1, 0.15) is 0 Å². The van der Waals surface area contributed by atoms with Gasteiger partial charge in [0.15, 0.2) is 18.1 Å². The molecule has 0 bridgehead atoms. The third-order valence-electron chi connectivity index (χ3n) is 3.29. The SMILES string of the molecule is COc1cc(CN[C@@H](C)Cn2cccn2)ccc1OCC(F)(F)F. The maximum absolute atomic E-state index is 12.2. The summed E-state index contributed by atoms with van der Waals surface area (Å²) in [4.78, 5) is 0. The Morgan fingerprint density at radius 2 is 2.08 bits per heavy atom. The highest BCUT2D eigenvalue weighted by Crippen LogP contribution is 2.29. The molecule has 1 aromatic carbocycles. The number of halogens is 3. The lowest BCUT2D eigenvalue weighted by Crippen LogP contribution is -2.30. The van der Waals surface area contributed by atoms with Crippen LogP contribution in [0, 0.1) is 0 Å². The zero-order valence-electron chi connectivity index (χ0n) is 13.5. The van der Waals surface area contributed by atoms with Crippen LogP contribution in [0.3, 0.4) is 0 Å². The van der Waals surface area contributed by atoms with Gasteiger partial charge in [-0.3, -0.25) is 4.68 Å². The van der Waals surface area contributed by atoms with Crippen molar-refractivity contribution in [2.45, 2.75) is 32.2 Å². The van der Waals surface area contributed by atoms with Gasteiger partial charge in [0.2, 0.25) is 0 Å².